The standard InChI is InChI=1S/C15H15N3O3/c1-19-12-3-4-13(14(9-12)20-2)15-16-6-7-18(15)10-11-5-8-21-17-11/h3-9H,10H2,1-2H3. The molecule has 0 aliphatic carbocycles. The minimum absolute atomic E-state index is 0.584. The maximum absolute atomic E-state index is 5.43. The van der Waals surface area contributed by atoms with Gasteiger partial charge in [0.2, 0.25) is 0 Å². The predicted molar refractivity (Wildman–Crippen MR) is 76.4 cm³/mol. The Morgan fingerprint density at radius 1 is 1.19 bits per heavy atom. The number of benzene rings is 1. The third-order valence-electron chi connectivity index (χ3n) is 3.19. The van der Waals surface area contributed by atoms with E-state index in [9.17, 15) is 0 Å². The van der Waals surface area contributed by atoms with Crippen molar-refractivity contribution in [1.29, 1.82) is 0 Å². The van der Waals surface area contributed by atoms with Crippen LogP contribution in [0.1, 0.15) is 5.69 Å². The Morgan fingerprint density at radius 3 is 2.81 bits per heavy atom. The van der Waals surface area contributed by atoms with Crippen molar-refractivity contribution in [3.8, 4) is 22.9 Å². The van der Waals surface area contributed by atoms with Gasteiger partial charge in [-0.05, 0) is 12.1 Å². The average molecular weight is 285 g/mol. The van der Waals surface area contributed by atoms with Crippen molar-refractivity contribution in [3.05, 3.63) is 48.6 Å². The highest BCUT2D eigenvalue weighted by Crippen LogP contribution is 2.32. The Hall–Kier alpha value is -2.76. The van der Waals surface area contributed by atoms with Gasteiger partial charge in [0.15, 0.2) is 0 Å². The molecule has 21 heavy (non-hydrogen) atoms. The molecule has 108 valence electrons. The maximum Gasteiger partial charge on any atom is 0.144 e. The van der Waals surface area contributed by atoms with E-state index in [1.807, 2.05) is 35.0 Å². The Bertz CT molecular complexity index is 720. The molecule has 0 radical (unpaired) electrons. The molecular formula is C15H15N3O3. The lowest BCUT2D eigenvalue weighted by Gasteiger charge is -2.11. The average Bonchev–Trinajstić information content (AvgIpc) is 3.19. The van der Waals surface area contributed by atoms with E-state index in [0.717, 1.165) is 22.8 Å². The Kier molecular flexibility index (Phi) is 3.59. The summed E-state index contributed by atoms with van der Waals surface area (Å²) in [6, 6.07) is 7.48. The van der Waals surface area contributed by atoms with Gasteiger partial charge < -0.3 is 18.6 Å². The van der Waals surface area contributed by atoms with E-state index in [-0.39, 0.29) is 0 Å². The molecule has 3 aromatic rings. The van der Waals surface area contributed by atoms with E-state index in [4.69, 9.17) is 14.0 Å². The highest BCUT2D eigenvalue weighted by Gasteiger charge is 2.13. The molecule has 0 atom stereocenters. The van der Waals surface area contributed by atoms with E-state index < -0.39 is 0 Å². The van der Waals surface area contributed by atoms with Crippen molar-refractivity contribution in [2.45, 2.75) is 6.54 Å². The van der Waals surface area contributed by atoms with Gasteiger partial charge in [0.25, 0.3) is 0 Å². The molecule has 0 aliphatic rings. The molecule has 0 spiro atoms. The normalized spacial score (nSPS) is 10.6. The van der Waals surface area contributed by atoms with Crippen LogP contribution in [-0.2, 0) is 6.54 Å². The summed E-state index contributed by atoms with van der Waals surface area (Å²) in [7, 11) is 3.25. The molecule has 0 fully saturated rings. The summed E-state index contributed by atoms with van der Waals surface area (Å²) in [5.74, 6) is 2.25. The van der Waals surface area contributed by atoms with E-state index in [1.165, 1.54) is 0 Å². The number of hydrogen-bond acceptors (Lipinski definition) is 5. The molecule has 0 unspecified atom stereocenters. The van der Waals surface area contributed by atoms with Crippen LogP contribution in [0.2, 0.25) is 0 Å². The first-order chi connectivity index (χ1) is 10.3. The number of nitrogens with zero attached hydrogens (tertiary/aromatic N) is 3. The Morgan fingerprint density at radius 2 is 2.10 bits per heavy atom. The van der Waals surface area contributed by atoms with Gasteiger partial charge in [0, 0.05) is 24.5 Å². The van der Waals surface area contributed by atoms with E-state index in [2.05, 4.69) is 10.1 Å². The van der Waals surface area contributed by atoms with E-state index >= 15 is 0 Å². The molecule has 0 aliphatic heterocycles. The van der Waals surface area contributed by atoms with Crippen LogP contribution >= 0.6 is 0 Å². The molecule has 2 aromatic heterocycles. The Labute approximate surface area is 121 Å². The van der Waals surface area contributed by atoms with Crippen LogP contribution in [0, 0.1) is 0 Å². The second-order valence-corrected chi connectivity index (χ2v) is 4.44. The van der Waals surface area contributed by atoms with Gasteiger partial charge in [-0.25, -0.2) is 4.98 Å². The summed E-state index contributed by atoms with van der Waals surface area (Å²) in [4.78, 5) is 4.41. The first kappa shape index (κ1) is 13.2. The molecule has 2 heterocycles. The molecule has 0 N–H and O–H groups in total. The first-order valence-corrected chi connectivity index (χ1v) is 6.44. The molecular weight excluding hydrogens is 270 g/mol. The van der Waals surface area contributed by atoms with Gasteiger partial charge in [-0.15, -0.1) is 0 Å². The maximum atomic E-state index is 5.43. The topological polar surface area (TPSA) is 62.3 Å². The summed E-state index contributed by atoms with van der Waals surface area (Å²) in [5, 5.41) is 3.92. The highest BCUT2D eigenvalue weighted by atomic mass is 16.5. The molecule has 0 saturated heterocycles. The highest BCUT2D eigenvalue weighted by molar-refractivity contribution is 5.66. The molecule has 0 bridgehead atoms. The molecule has 0 saturated carbocycles. The van der Waals surface area contributed by atoms with Crippen molar-refractivity contribution in [3.63, 3.8) is 0 Å². The SMILES string of the molecule is COc1ccc(-c2nccn2Cc2ccon2)c(OC)c1. The van der Waals surface area contributed by atoms with Crippen molar-refractivity contribution >= 4 is 0 Å². The van der Waals surface area contributed by atoms with E-state index in [1.54, 1.807) is 26.7 Å². The van der Waals surface area contributed by atoms with Gasteiger partial charge in [-0.3, -0.25) is 0 Å². The second-order valence-electron chi connectivity index (χ2n) is 4.44. The largest absolute Gasteiger partial charge is 0.497 e. The molecule has 1 aromatic carbocycles. The number of imidazole rings is 1. The summed E-state index contributed by atoms with van der Waals surface area (Å²) >= 11 is 0. The summed E-state index contributed by atoms with van der Waals surface area (Å²) in [6.07, 6.45) is 5.20. The lowest BCUT2D eigenvalue weighted by atomic mass is 10.1. The molecule has 0 amide bonds. The number of methoxy groups -OCH3 is 2. The van der Waals surface area contributed by atoms with Gasteiger partial charge in [-0.2, -0.15) is 0 Å². The number of rotatable bonds is 5. The minimum Gasteiger partial charge on any atom is -0.497 e. The van der Waals surface area contributed by atoms with Crippen molar-refractivity contribution in [2.75, 3.05) is 14.2 Å². The zero-order valence-corrected chi connectivity index (χ0v) is 11.8. The van der Waals surface area contributed by atoms with Crippen LogP contribution in [-0.4, -0.2) is 28.9 Å². The van der Waals surface area contributed by atoms with Gasteiger partial charge >= 0.3 is 0 Å². The van der Waals surface area contributed by atoms with Crippen LogP contribution < -0.4 is 9.47 Å². The minimum atomic E-state index is 0.584. The summed E-state index contributed by atoms with van der Waals surface area (Å²) < 4.78 is 17.5. The fraction of sp³-hybridized carbons (Fsp3) is 0.200. The monoisotopic (exact) mass is 285 g/mol. The first-order valence-electron chi connectivity index (χ1n) is 6.44. The van der Waals surface area contributed by atoms with Crippen LogP contribution in [0.5, 0.6) is 11.5 Å². The lowest BCUT2D eigenvalue weighted by Crippen LogP contribution is -2.02. The zero-order chi connectivity index (χ0) is 14.7. The fourth-order valence-corrected chi connectivity index (χ4v) is 2.16. The van der Waals surface area contributed by atoms with Crippen LogP contribution in [0.15, 0.2) is 47.4 Å². The number of hydrogen-bond donors (Lipinski definition) is 0. The van der Waals surface area contributed by atoms with Gasteiger partial charge in [0.05, 0.1) is 26.3 Å². The van der Waals surface area contributed by atoms with Crippen LogP contribution in [0.4, 0.5) is 0 Å². The third kappa shape index (κ3) is 2.60. The summed E-state index contributed by atoms with van der Waals surface area (Å²) in [6.45, 7) is 0.584. The quantitative estimate of drug-likeness (QED) is 0.721. The molecule has 3 rings (SSSR count). The van der Waals surface area contributed by atoms with Crippen molar-refractivity contribution < 1.29 is 14.0 Å². The summed E-state index contributed by atoms with van der Waals surface area (Å²) in [5.41, 5.74) is 1.73. The predicted octanol–water partition coefficient (Wildman–Crippen LogP) is 2.60. The number of aromatic nitrogens is 3. The smallest absolute Gasteiger partial charge is 0.144 e. The number of ether oxygens (including phenoxy) is 2. The molecule has 6 heteroatoms. The van der Waals surface area contributed by atoms with E-state index in [0.29, 0.717) is 12.3 Å². The second kappa shape index (κ2) is 5.70. The van der Waals surface area contributed by atoms with Crippen molar-refractivity contribution in [2.24, 2.45) is 0 Å². The van der Waals surface area contributed by atoms with Crippen LogP contribution in [0.3, 0.4) is 0 Å². The van der Waals surface area contributed by atoms with Gasteiger partial charge in [0.1, 0.15) is 29.3 Å². The molecule has 6 nitrogen and oxygen atoms in total. The Balaban J connectivity index is 1.99. The lowest BCUT2D eigenvalue weighted by molar-refractivity contribution is 0.395. The zero-order valence-electron chi connectivity index (χ0n) is 11.8. The van der Waals surface area contributed by atoms with Crippen molar-refractivity contribution in [1.82, 2.24) is 14.7 Å². The van der Waals surface area contributed by atoms with Gasteiger partial charge in [-0.1, -0.05) is 5.16 Å². The third-order valence-corrected chi connectivity index (χ3v) is 3.19. The van der Waals surface area contributed by atoms with Crippen LogP contribution in [0.25, 0.3) is 11.4 Å². The fourth-order valence-electron chi connectivity index (χ4n) is 2.16.